The van der Waals surface area contributed by atoms with Crippen molar-refractivity contribution in [3.63, 3.8) is 0 Å². The molecule has 2 saturated heterocycles. The fraction of sp³-hybridized carbons (Fsp3) is 0.321. The van der Waals surface area contributed by atoms with Gasteiger partial charge in [0.2, 0.25) is 15.9 Å². The van der Waals surface area contributed by atoms with Gasteiger partial charge < -0.3 is 10.2 Å². The minimum atomic E-state index is -3.72. The quantitative estimate of drug-likeness (QED) is 0.519. The Bertz CT molecular complexity index is 1560. The summed E-state index contributed by atoms with van der Waals surface area (Å²) in [5, 5.41) is 4.66. The maximum atomic E-state index is 13.3. The van der Waals surface area contributed by atoms with Crippen LogP contribution in [0.25, 0.3) is 10.8 Å². The fourth-order valence-corrected chi connectivity index (χ4v) is 7.19. The third kappa shape index (κ3) is 4.13. The molecule has 38 heavy (non-hydrogen) atoms. The lowest BCUT2D eigenvalue weighted by Gasteiger charge is -2.35. The summed E-state index contributed by atoms with van der Waals surface area (Å²) in [5.41, 5.74) is 1.19. The molecule has 0 saturated carbocycles. The molecular formula is C28H28N4O5S. The summed E-state index contributed by atoms with van der Waals surface area (Å²) in [5.74, 6) is -0.743. The standard InChI is InChI=1S/C28H28N4O5S/c33-25(19-32-26(34)28(29-27(32)35)12-11-21-6-2-4-8-23(21)18-28)30-13-15-31(16-14-30)38(36,37)24-10-9-20-5-1-3-7-22(20)17-24/h1-10,17H,11-16,18-19H2,(H,29,35)/t28-/m1/s1. The summed E-state index contributed by atoms with van der Waals surface area (Å²) in [4.78, 5) is 41.9. The highest BCUT2D eigenvalue weighted by atomic mass is 32.2. The number of rotatable bonds is 4. The molecule has 196 valence electrons. The van der Waals surface area contributed by atoms with Crippen LogP contribution in [0.2, 0.25) is 0 Å². The maximum absolute atomic E-state index is 13.3. The maximum Gasteiger partial charge on any atom is 0.325 e. The topological polar surface area (TPSA) is 107 Å². The van der Waals surface area contributed by atoms with E-state index in [9.17, 15) is 22.8 Å². The Morgan fingerprint density at radius 3 is 2.32 bits per heavy atom. The summed E-state index contributed by atoms with van der Waals surface area (Å²) < 4.78 is 27.9. The van der Waals surface area contributed by atoms with Gasteiger partial charge >= 0.3 is 6.03 Å². The minimum absolute atomic E-state index is 0.141. The molecule has 9 nitrogen and oxygen atoms in total. The Hall–Kier alpha value is -3.76. The zero-order valence-electron chi connectivity index (χ0n) is 20.8. The number of nitrogens with one attached hydrogen (secondary N) is 1. The third-order valence-corrected chi connectivity index (χ3v) is 9.82. The van der Waals surface area contributed by atoms with E-state index in [1.807, 2.05) is 48.5 Å². The number of benzene rings is 3. The molecule has 0 unspecified atom stereocenters. The van der Waals surface area contributed by atoms with Gasteiger partial charge in [0.15, 0.2) is 0 Å². The molecule has 1 spiro atoms. The molecule has 3 aliphatic rings. The lowest BCUT2D eigenvalue weighted by atomic mass is 9.78. The van der Waals surface area contributed by atoms with E-state index < -0.39 is 21.6 Å². The average Bonchev–Trinajstić information content (AvgIpc) is 3.16. The van der Waals surface area contributed by atoms with E-state index in [0.29, 0.717) is 19.3 Å². The lowest BCUT2D eigenvalue weighted by Crippen LogP contribution is -2.54. The highest BCUT2D eigenvalue weighted by molar-refractivity contribution is 7.89. The highest BCUT2D eigenvalue weighted by Crippen LogP contribution is 2.33. The van der Waals surface area contributed by atoms with Crippen LogP contribution < -0.4 is 5.32 Å². The van der Waals surface area contributed by atoms with Crippen LogP contribution in [-0.2, 0) is 32.5 Å². The monoisotopic (exact) mass is 532 g/mol. The van der Waals surface area contributed by atoms with Crippen molar-refractivity contribution in [2.45, 2.75) is 29.7 Å². The van der Waals surface area contributed by atoms with Gasteiger partial charge in [0.1, 0.15) is 12.1 Å². The first kappa shape index (κ1) is 24.6. The molecule has 2 fully saturated rings. The predicted molar refractivity (Wildman–Crippen MR) is 141 cm³/mol. The second kappa shape index (κ2) is 9.21. The number of carbonyl (C=O) groups excluding carboxylic acids is 3. The van der Waals surface area contributed by atoms with E-state index in [-0.39, 0.29) is 49.4 Å². The van der Waals surface area contributed by atoms with Gasteiger partial charge in [-0.15, -0.1) is 0 Å². The van der Waals surface area contributed by atoms with Gasteiger partial charge in [0, 0.05) is 32.6 Å². The Balaban J connectivity index is 1.10. The SMILES string of the molecule is O=C(CN1C(=O)N[C@@]2(CCc3ccccc3C2)C1=O)N1CCN(S(=O)(=O)c2ccc3ccccc3c2)CC1. The van der Waals surface area contributed by atoms with Crippen LogP contribution in [0, 0.1) is 0 Å². The predicted octanol–water partition coefficient (Wildman–Crippen LogP) is 2.15. The molecule has 3 aromatic carbocycles. The molecule has 0 aromatic heterocycles. The Morgan fingerprint density at radius 1 is 0.868 bits per heavy atom. The van der Waals surface area contributed by atoms with Gasteiger partial charge in [-0.3, -0.25) is 14.5 Å². The number of aryl methyl sites for hydroxylation is 1. The van der Waals surface area contributed by atoms with Crippen molar-refractivity contribution < 1.29 is 22.8 Å². The number of urea groups is 1. The molecule has 1 aliphatic carbocycles. The van der Waals surface area contributed by atoms with Crippen molar-refractivity contribution in [3.8, 4) is 0 Å². The van der Waals surface area contributed by atoms with Crippen LogP contribution in [0.4, 0.5) is 4.79 Å². The number of piperazine rings is 1. The lowest BCUT2D eigenvalue weighted by molar-refractivity contribution is -0.139. The summed E-state index contributed by atoms with van der Waals surface area (Å²) in [6.07, 6.45) is 1.58. The van der Waals surface area contributed by atoms with Crippen LogP contribution >= 0.6 is 0 Å². The van der Waals surface area contributed by atoms with Crippen LogP contribution in [0.15, 0.2) is 71.6 Å². The van der Waals surface area contributed by atoms with Crippen molar-refractivity contribution in [2.75, 3.05) is 32.7 Å². The first-order valence-corrected chi connectivity index (χ1v) is 14.2. The minimum Gasteiger partial charge on any atom is -0.338 e. The van der Waals surface area contributed by atoms with Crippen molar-refractivity contribution >= 4 is 38.6 Å². The molecule has 4 amide bonds. The van der Waals surface area contributed by atoms with E-state index in [1.54, 1.807) is 18.2 Å². The van der Waals surface area contributed by atoms with Crippen molar-refractivity contribution in [1.82, 2.24) is 19.4 Å². The number of hydrogen-bond donors (Lipinski definition) is 1. The van der Waals surface area contributed by atoms with Crippen LogP contribution in [0.5, 0.6) is 0 Å². The molecule has 10 heteroatoms. The third-order valence-electron chi connectivity index (χ3n) is 7.92. The Kier molecular flexibility index (Phi) is 5.96. The summed E-state index contributed by atoms with van der Waals surface area (Å²) in [6.45, 7) is 0.302. The van der Waals surface area contributed by atoms with E-state index >= 15 is 0 Å². The van der Waals surface area contributed by atoms with Gasteiger partial charge in [-0.25, -0.2) is 13.2 Å². The zero-order chi connectivity index (χ0) is 26.5. The van der Waals surface area contributed by atoms with Crippen molar-refractivity contribution in [1.29, 1.82) is 0 Å². The van der Waals surface area contributed by atoms with E-state index in [4.69, 9.17) is 0 Å². The number of carbonyl (C=O) groups is 3. The van der Waals surface area contributed by atoms with Crippen LogP contribution in [0.1, 0.15) is 17.5 Å². The van der Waals surface area contributed by atoms with Gasteiger partial charge in [-0.1, -0.05) is 54.6 Å². The Morgan fingerprint density at radius 2 is 1.55 bits per heavy atom. The van der Waals surface area contributed by atoms with E-state index in [0.717, 1.165) is 21.2 Å². The summed E-state index contributed by atoms with van der Waals surface area (Å²) in [6, 6.07) is 19.9. The molecule has 2 aliphatic heterocycles. The van der Waals surface area contributed by atoms with Crippen molar-refractivity contribution in [2.24, 2.45) is 0 Å². The fourth-order valence-electron chi connectivity index (χ4n) is 5.73. The van der Waals surface area contributed by atoms with Gasteiger partial charge in [0.25, 0.3) is 5.91 Å². The van der Waals surface area contributed by atoms with Crippen LogP contribution in [0.3, 0.4) is 0 Å². The van der Waals surface area contributed by atoms with Crippen LogP contribution in [-0.4, -0.2) is 78.6 Å². The molecule has 1 N–H and O–H groups in total. The van der Waals surface area contributed by atoms with E-state index in [2.05, 4.69) is 5.32 Å². The first-order valence-electron chi connectivity index (χ1n) is 12.7. The molecule has 0 radical (unpaired) electrons. The van der Waals surface area contributed by atoms with Crippen molar-refractivity contribution in [3.05, 3.63) is 77.9 Å². The number of sulfonamides is 1. The zero-order valence-corrected chi connectivity index (χ0v) is 21.6. The number of hydrogen-bond acceptors (Lipinski definition) is 5. The smallest absolute Gasteiger partial charge is 0.325 e. The largest absolute Gasteiger partial charge is 0.338 e. The summed E-state index contributed by atoms with van der Waals surface area (Å²) >= 11 is 0. The molecule has 6 rings (SSSR count). The average molecular weight is 533 g/mol. The van der Waals surface area contributed by atoms with Gasteiger partial charge in [0.05, 0.1) is 4.90 Å². The Labute approximate surface area is 221 Å². The number of fused-ring (bicyclic) bond motifs is 2. The summed E-state index contributed by atoms with van der Waals surface area (Å²) in [7, 11) is -3.72. The normalized spacial score (nSPS) is 22.1. The molecule has 1 atom stereocenters. The molecule has 3 aromatic rings. The first-order chi connectivity index (χ1) is 18.3. The number of imide groups is 1. The number of nitrogens with zero attached hydrogens (tertiary/aromatic N) is 3. The van der Waals surface area contributed by atoms with Gasteiger partial charge in [-0.2, -0.15) is 4.31 Å². The van der Waals surface area contributed by atoms with Gasteiger partial charge in [-0.05, 0) is 46.9 Å². The molecular weight excluding hydrogens is 504 g/mol. The molecule has 2 heterocycles. The second-order valence-corrected chi connectivity index (χ2v) is 12.1. The molecule has 0 bridgehead atoms. The number of amides is 4. The van der Waals surface area contributed by atoms with E-state index in [1.165, 1.54) is 14.8 Å². The highest BCUT2D eigenvalue weighted by Gasteiger charge is 2.53. The second-order valence-electron chi connectivity index (χ2n) is 10.1.